The molecule has 2 atom stereocenters. The highest BCUT2D eigenvalue weighted by atomic mass is 35.5. The van der Waals surface area contributed by atoms with Gasteiger partial charge < -0.3 is 15.0 Å². The standard InChI is InChI=1S/C17H19ClN4O2/c1-22(2)15-14(17(24-3)20-9-19-15)21-16(23)12-8-11(12)10-6-4-5-7-13(10)18/h4-7,9,11-12H,8H2,1-3H3,(H,21,23)/t11-,12-/m0/s1. The van der Waals surface area contributed by atoms with Crippen LogP contribution >= 0.6 is 11.6 Å². The third kappa shape index (κ3) is 3.14. The number of benzene rings is 1. The number of carbonyl (C=O) groups is 1. The number of anilines is 2. The molecule has 1 heterocycles. The summed E-state index contributed by atoms with van der Waals surface area (Å²) in [7, 11) is 5.21. The number of nitrogens with one attached hydrogen (secondary N) is 1. The number of carbonyl (C=O) groups excluding carboxylic acids is 1. The predicted octanol–water partition coefficient (Wildman–Crippen LogP) is 2.95. The van der Waals surface area contributed by atoms with Gasteiger partial charge in [0.2, 0.25) is 11.8 Å². The number of halogens is 1. The van der Waals surface area contributed by atoms with Crippen molar-refractivity contribution in [2.45, 2.75) is 12.3 Å². The molecule has 3 rings (SSSR count). The number of ether oxygens (including phenoxy) is 1. The van der Waals surface area contributed by atoms with Gasteiger partial charge in [-0.15, -0.1) is 0 Å². The summed E-state index contributed by atoms with van der Waals surface area (Å²) >= 11 is 6.23. The first-order valence-corrected chi connectivity index (χ1v) is 8.02. The molecule has 0 bridgehead atoms. The molecule has 1 fully saturated rings. The Bertz CT molecular complexity index is 766. The lowest BCUT2D eigenvalue weighted by atomic mass is 10.1. The monoisotopic (exact) mass is 346 g/mol. The third-order valence-corrected chi connectivity index (χ3v) is 4.43. The zero-order valence-electron chi connectivity index (χ0n) is 13.8. The minimum atomic E-state index is -0.107. The molecule has 1 aromatic heterocycles. The van der Waals surface area contributed by atoms with Gasteiger partial charge in [0, 0.05) is 25.0 Å². The highest BCUT2D eigenvalue weighted by Crippen LogP contribution is 2.50. The van der Waals surface area contributed by atoms with Gasteiger partial charge in [0.25, 0.3) is 0 Å². The average molecular weight is 347 g/mol. The lowest BCUT2D eigenvalue weighted by Crippen LogP contribution is -2.20. The maximum Gasteiger partial charge on any atom is 0.242 e. The molecule has 0 unspecified atom stereocenters. The second-order valence-corrected chi connectivity index (χ2v) is 6.34. The minimum absolute atomic E-state index is 0.0730. The van der Waals surface area contributed by atoms with Crippen molar-refractivity contribution in [1.82, 2.24) is 9.97 Å². The molecule has 24 heavy (non-hydrogen) atoms. The summed E-state index contributed by atoms with van der Waals surface area (Å²) in [5, 5.41) is 3.62. The van der Waals surface area contributed by atoms with E-state index in [4.69, 9.17) is 16.3 Å². The molecular formula is C17H19ClN4O2. The summed E-state index contributed by atoms with van der Waals surface area (Å²) in [5.74, 6) is 0.917. The van der Waals surface area contributed by atoms with E-state index >= 15 is 0 Å². The third-order valence-electron chi connectivity index (χ3n) is 4.09. The zero-order chi connectivity index (χ0) is 17.3. The zero-order valence-corrected chi connectivity index (χ0v) is 14.5. The Morgan fingerprint density at radius 2 is 2.08 bits per heavy atom. The quantitative estimate of drug-likeness (QED) is 0.901. The Kier molecular flexibility index (Phi) is 4.57. The molecule has 1 aliphatic carbocycles. The SMILES string of the molecule is COc1ncnc(N(C)C)c1NC(=O)[C@H]1C[C@H]1c1ccccc1Cl. The van der Waals surface area contributed by atoms with E-state index in [1.165, 1.54) is 13.4 Å². The maximum atomic E-state index is 12.6. The highest BCUT2D eigenvalue weighted by Gasteiger charge is 2.45. The Morgan fingerprint density at radius 1 is 1.33 bits per heavy atom. The van der Waals surface area contributed by atoms with Gasteiger partial charge >= 0.3 is 0 Å². The maximum absolute atomic E-state index is 12.6. The number of amides is 1. The van der Waals surface area contributed by atoms with Crippen LogP contribution in [-0.2, 0) is 4.79 Å². The van der Waals surface area contributed by atoms with Crippen LogP contribution in [0.1, 0.15) is 17.9 Å². The number of aromatic nitrogens is 2. The van der Waals surface area contributed by atoms with Crippen LogP contribution in [0.15, 0.2) is 30.6 Å². The summed E-state index contributed by atoms with van der Waals surface area (Å²) in [4.78, 5) is 22.7. The first-order chi connectivity index (χ1) is 11.5. The van der Waals surface area contributed by atoms with Crippen LogP contribution in [0.4, 0.5) is 11.5 Å². The van der Waals surface area contributed by atoms with Crippen molar-refractivity contribution in [2.75, 3.05) is 31.4 Å². The topological polar surface area (TPSA) is 67.4 Å². The molecule has 0 radical (unpaired) electrons. The molecule has 1 N–H and O–H groups in total. The van der Waals surface area contributed by atoms with Crippen LogP contribution in [0, 0.1) is 5.92 Å². The van der Waals surface area contributed by atoms with Crippen molar-refractivity contribution in [3.63, 3.8) is 0 Å². The smallest absolute Gasteiger partial charge is 0.242 e. The molecule has 1 amide bonds. The van der Waals surface area contributed by atoms with Gasteiger partial charge in [0.1, 0.15) is 12.0 Å². The van der Waals surface area contributed by atoms with Crippen molar-refractivity contribution in [3.8, 4) is 5.88 Å². The Labute approximate surface area is 145 Å². The van der Waals surface area contributed by atoms with E-state index in [0.717, 1.165) is 12.0 Å². The Balaban J connectivity index is 1.79. The number of rotatable bonds is 5. The summed E-state index contributed by atoms with van der Waals surface area (Å²) < 4.78 is 5.25. The van der Waals surface area contributed by atoms with E-state index in [1.807, 2.05) is 38.4 Å². The normalized spacial score (nSPS) is 18.8. The predicted molar refractivity (Wildman–Crippen MR) is 93.8 cm³/mol. The molecule has 0 saturated heterocycles. The molecule has 6 nitrogen and oxygen atoms in total. The van der Waals surface area contributed by atoms with Crippen LogP contribution in [-0.4, -0.2) is 37.1 Å². The fourth-order valence-corrected chi connectivity index (χ4v) is 3.06. The van der Waals surface area contributed by atoms with E-state index in [1.54, 1.807) is 4.90 Å². The van der Waals surface area contributed by atoms with Gasteiger partial charge in [0.15, 0.2) is 5.82 Å². The van der Waals surface area contributed by atoms with Crippen molar-refractivity contribution < 1.29 is 9.53 Å². The number of hydrogen-bond acceptors (Lipinski definition) is 5. The number of methoxy groups -OCH3 is 1. The van der Waals surface area contributed by atoms with E-state index in [0.29, 0.717) is 22.4 Å². The first-order valence-electron chi connectivity index (χ1n) is 7.64. The van der Waals surface area contributed by atoms with Crippen molar-refractivity contribution >= 4 is 29.0 Å². The Hall–Kier alpha value is -2.34. The number of nitrogens with zero attached hydrogens (tertiary/aromatic N) is 3. The molecule has 1 aliphatic rings. The molecule has 0 aliphatic heterocycles. The molecule has 2 aromatic rings. The lowest BCUT2D eigenvalue weighted by Gasteiger charge is -2.18. The van der Waals surface area contributed by atoms with Gasteiger partial charge in [0.05, 0.1) is 7.11 Å². The molecule has 1 aromatic carbocycles. The summed E-state index contributed by atoms with van der Waals surface area (Å²) in [6.07, 6.45) is 2.19. The van der Waals surface area contributed by atoms with Crippen LogP contribution in [0.25, 0.3) is 0 Å². The molecular weight excluding hydrogens is 328 g/mol. The molecule has 1 saturated carbocycles. The van der Waals surface area contributed by atoms with E-state index in [9.17, 15) is 4.79 Å². The molecule has 0 spiro atoms. The van der Waals surface area contributed by atoms with Crippen LogP contribution < -0.4 is 15.0 Å². The second-order valence-electron chi connectivity index (χ2n) is 5.94. The largest absolute Gasteiger partial charge is 0.479 e. The summed E-state index contributed by atoms with van der Waals surface area (Å²) in [6.45, 7) is 0. The van der Waals surface area contributed by atoms with E-state index < -0.39 is 0 Å². The molecule has 126 valence electrons. The van der Waals surface area contributed by atoms with Gasteiger partial charge in [-0.2, -0.15) is 4.98 Å². The van der Waals surface area contributed by atoms with Crippen molar-refractivity contribution in [3.05, 3.63) is 41.2 Å². The Morgan fingerprint density at radius 3 is 2.75 bits per heavy atom. The van der Waals surface area contributed by atoms with E-state index in [-0.39, 0.29) is 17.7 Å². The average Bonchev–Trinajstić information content (AvgIpc) is 3.35. The molecule has 7 heteroatoms. The van der Waals surface area contributed by atoms with Gasteiger partial charge in [-0.3, -0.25) is 4.79 Å². The van der Waals surface area contributed by atoms with Crippen LogP contribution in [0.3, 0.4) is 0 Å². The van der Waals surface area contributed by atoms with Gasteiger partial charge in [-0.25, -0.2) is 4.98 Å². The number of hydrogen-bond donors (Lipinski definition) is 1. The van der Waals surface area contributed by atoms with E-state index in [2.05, 4.69) is 15.3 Å². The van der Waals surface area contributed by atoms with Crippen LogP contribution in [0.2, 0.25) is 5.02 Å². The summed E-state index contributed by atoms with van der Waals surface area (Å²) in [6, 6.07) is 7.64. The van der Waals surface area contributed by atoms with Crippen LogP contribution in [0.5, 0.6) is 5.88 Å². The fraction of sp³-hybridized carbons (Fsp3) is 0.353. The highest BCUT2D eigenvalue weighted by molar-refractivity contribution is 6.31. The fourth-order valence-electron chi connectivity index (χ4n) is 2.78. The van der Waals surface area contributed by atoms with Gasteiger partial charge in [-0.1, -0.05) is 29.8 Å². The minimum Gasteiger partial charge on any atom is -0.479 e. The van der Waals surface area contributed by atoms with Gasteiger partial charge in [-0.05, 0) is 24.0 Å². The lowest BCUT2D eigenvalue weighted by molar-refractivity contribution is -0.117. The van der Waals surface area contributed by atoms with Crippen molar-refractivity contribution in [2.24, 2.45) is 5.92 Å². The first kappa shape index (κ1) is 16.5. The van der Waals surface area contributed by atoms with Crippen molar-refractivity contribution in [1.29, 1.82) is 0 Å². The second kappa shape index (κ2) is 6.65. The summed E-state index contributed by atoms with van der Waals surface area (Å²) in [5.41, 5.74) is 1.50.